The summed E-state index contributed by atoms with van der Waals surface area (Å²) >= 11 is 0. The zero-order valence-electron chi connectivity index (χ0n) is 8.73. The second kappa shape index (κ2) is 4.80. The smallest absolute Gasteiger partial charge is 0.337 e. The molecule has 1 aromatic carbocycles. The van der Waals surface area contributed by atoms with Crippen LogP contribution in [0.2, 0.25) is 0 Å². The van der Waals surface area contributed by atoms with Gasteiger partial charge >= 0.3 is 5.97 Å². The fraction of sp³-hybridized carbons (Fsp3) is 0.300. The van der Waals surface area contributed by atoms with E-state index in [-0.39, 0.29) is 17.1 Å². The van der Waals surface area contributed by atoms with Crippen molar-refractivity contribution in [2.24, 2.45) is 0 Å². The van der Waals surface area contributed by atoms with Gasteiger partial charge in [0.2, 0.25) is 0 Å². The van der Waals surface area contributed by atoms with E-state index in [2.05, 4.69) is 0 Å². The fourth-order valence-corrected chi connectivity index (χ4v) is 1.21. The average Bonchev–Trinajstić information content (AvgIpc) is 2.27. The van der Waals surface area contributed by atoms with Gasteiger partial charge in [0.05, 0.1) is 14.2 Å². The molecule has 0 spiro atoms. The summed E-state index contributed by atoms with van der Waals surface area (Å²) in [6, 6.07) is 2.05. The summed E-state index contributed by atoms with van der Waals surface area (Å²) in [4.78, 5) is 10.5. The van der Waals surface area contributed by atoms with Crippen LogP contribution in [0.1, 0.15) is 11.7 Å². The van der Waals surface area contributed by atoms with Crippen molar-refractivity contribution in [1.82, 2.24) is 0 Å². The fourth-order valence-electron chi connectivity index (χ4n) is 1.21. The number of aliphatic carboxylic acids is 1. The molecule has 2 N–H and O–H groups in total. The summed E-state index contributed by atoms with van der Waals surface area (Å²) in [5.41, 5.74) is -0.370. The predicted molar refractivity (Wildman–Crippen MR) is 52.1 cm³/mol. The molecule has 0 radical (unpaired) electrons. The van der Waals surface area contributed by atoms with Gasteiger partial charge in [-0.1, -0.05) is 0 Å². The van der Waals surface area contributed by atoms with Crippen molar-refractivity contribution < 1.29 is 28.9 Å². The van der Waals surface area contributed by atoms with Crippen LogP contribution in [0.3, 0.4) is 0 Å². The van der Waals surface area contributed by atoms with E-state index in [0.717, 1.165) is 12.1 Å². The highest BCUT2D eigenvalue weighted by molar-refractivity contribution is 5.74. The van der Waals surface area contributed by atoms with E-state index in [1.54, 1.807) is 0 Å². The molecule has 0 heterocycles. The van der Waals surface area contributed by atoms with Gasteiger partial charge in [0.1, 0.15) is 5.82 Å². The molecule has 0 saturated carbocycles. The topological polar surface area (TPSA) is 76.0 Å². The molecule has 0 aliphatic rings. The maximum Gasteiger partial charge on any atom is 0.337 e. The minimum Gasteiger partial charge on any atom is -0.493 e. The van der Waals surface area contributed by atoms with E-state index in [9.17, 15) is 14.3 Å². The summed E-state index contributed by atoms with van der Waals surface area (Å²) in [6.45, 7) is 0. The van der Waals surface area contributed by atoms with Gasteiger partial charge in [-0.15, -0.1) is 0 Å². The van der Waals surface area contributed by atoms with Crippen molar-refractivity contribution in [3.05, 3.63) is 23.5 Å². The van der Waals surface area contributed by atoms with Gasteiger partial charge in [-0.05, 0) is 6.07 Å². The van der Waals surface area contributed by atoms with Gasteiger partial charge in [0.15, 0.2) is 17.6 Å². The molecule has 1 aromatic rings. The monoisotopic (exact) mass is 230 g/mol. The Bertz CT molecular complexity index is 404. The van der Waals surface area contributed by atoms with Crippen LogP contribution in [0.25, 0.3) is 0 Å². The predicted octanol–water partition coefficient (Wildman–Crippen LogP) is 0.961. The summed E-state index contributed by atoms with van der Waals surface area (Å²) in [5.74, 6) is -2.13. The molecule has 1 rings (SSSR count). The molecular formula is C10H11FO5. The molecule has 0 aliphatic heterocycles. The lowest BCUT2D eigenvalue weighted by molar-refractivity contribution is -0.147. The third-order valence-corrected chi connectivity index (χ3v) is 2.03. The largest absolute Gasteiger partial charge is 0.493 e. The lowest BCUT2D eigenvalue weighted by atomic mass is 10.1. The van der Waals surface area contributed by atoms with Crippen molar-refractivity contribution in [2.75, 3.05) is 14.2 Å². The van der Waals surface area contributed by atoms with Crippen LogP contribution in [-0.4, -0.2) is 30.4 Å². The molecule has 0 aliphatic carbocycles. The van der Waals surface area contributed by atoms with Crippen LogP contribution in [0.5, 0.6) is 11.5 Å². The highest BCUT2D eigenvalue weighted by Crippen LogP contribution is 2.32. The molecule has 1 unspecified atom stereocenters. The van der Waals surface area contributed by atoms with Gasteiger partial charge in [-0.25, -0.2) is 9.18 Å². The van der Waals surface area contributed by atoms with E-state index in [1.165, 1.54) is 14.2 Å². The number of carbonyl (C=O) groups is 1. The van der Waals surface area contributed by atoms with Gasteiger partial charge in [-0.2, -0.15) is 0 Å². The standard InChI is InChI=1S/C10H11FO5/c1-15-7-3-5(9(12)10(13)14)6(11)4-8(7)16-2/h3-4,9,12H,1-2H3,(H,13,14). The molecule has 1 atom stereocenters. The van der Waals surface area contributed by atoms with Gasteiger partial charge in [-0.3, -0.25) is 0 Å². The second-order valence-electron chi connectivity index (χ2n) is 2.97. The Hall–Kier alpha value is -1.82. The average molecular weight is 230 g/mol. The van der Waals surface area contributed by atoms with E-state index in [1.807, 2.05) is 0 Å². The quantitative estimate of drug-likeness (QED) is 0.805. The molecule has 0 aromatic heterocycles. The summed E-state index contributed by atoms with van der Waals surface area (Å²) < 4.78 is 23.1. The Morgan fingerprint density at radius 3 is 2.25 bits per heavy atom. The first-order valence-electron chi connectivity index (χ1n) is 4.33. The highest BCUT2D eigenvalue weighted by atomic mass is 19.1. The third-order valence-electron chi connectivity index (χ3n) is 2.03. The number of rotatable bonds is 4. The normalized spacial score (nSPS) is 12.0. The van der Waals surface area contributed by atoms with Crippen LogP contribution >= 0.6 is 0 Å². The third kappa shape index (κ3) is 2.22. The van der Waals surface area contributed by atoms with Gasteiger partial charge in [0, 0.05) is 11.6 Å². The number of carboxylic acids is 1. The summed E-state index contributed by atoms with van der Waals surface area (Å²) in [7, 11) is 2.65. The molecule has 0 amide bonds. The number of ether oxygens (including phenoxy) is 2. The van der Waals surface area contributed by atoms with E-state index in [0.29, 0.717) is 0 Å². The second-order valence-corrected chi connectivity index (χ2v) is 2.97. The maximum atomic E-state index is 13.4. The Balaban J connectivity index is 3.26. The number of halogens is 1. The molecule has 0 fully saturated rings. The van der Waals surface area contributed by atoms with Crippen molar-refractivity contribution in [3.8, 4) is 11.5 Å². The van der Waals surface area contributed by atoms with Crippen molar-refractivity contribution in [2.45, 2.75) is 6.10 Å². The number of carboxylic acid groups (broad SMARTS) is 1. The minimum absolute atomic E-state index is 0.126. The number of aliphatic hydroxyl groups excluding tert-OH is 1. The van der Waals surface area contributed by atoms with Crippen LogP contribution in [0.15, 0.2) is 12.1 Å². The van der Waals surface area contributed by atoms with Gasteiger partial charge < -0.3 is 19.7 Å². The lowest BCUT2D eigenvalue weighted by Gasteiger charge is -2.12. The molecule has 5 nitrogen and oxygen atoms in total. The Labute approximate surface area is 91.0 Å². The number of benzene rings is 1. The molecule has 0 bridgehead atoms. The SMILES string of the molecule is COc1cc(F)c(C(O)C(=O)O)cc1OC. The zero-order valence-corrected chi connectivity index (χ0v) is 8.73. The Kier molecular flexibility index (Phi) is 3.68. The molecule has 16 heavy (non-hydrogen) atoms. The number of methoxy groups -OCH3 is 2. The van der Waals surface area contributed by atoms with Gasteiger partial charge in [0.25, 0.3) is 0 Å². The summed E-state index contributed by atoms with van der Waals surface area (Å²) in [5, 5.41) is 17.8. The van der Waals surface area contributed by atoms with E-state index < -0.39 is 17.9 Å². The first-order valence-corrected chi connectivity index (χ1v) is 4.33. The number of aliphatic hydroxyl groups is 1. The van der Waals surface area contributed by atoms with Crippen LogP contribution in [0, 0.1) is 5.82 Å². The van der Waals surface area contributed by atoms with E-state index in [4.69, 9.17) is 14.6 Å². The molecule has 0 saturated heterocycles. The minimum atomic E-state index is -1.93. The van der Waals surface area contributed by atoms with Crippen molar-refractivity contribution in [3.63, 3.8) is 0 Å². The first-order chi connectivity index (χ1) is 7.51. The lowest BCUT2D eigenvalue weighted by Crippen LogP contribution is -2.12. The van der Waals surface area contributed by atoms with Crippen LogP contribution < -0.4 is 9.47 Å². The molecular weight excluding hydrogens is 219 g/mol. The van der Waals surface area contributed by atoms with Crippen LogP contribution in [-0.2, 0) is 4.79 Å². The molecule has 88 valence electrons. The zero-order chi connectivity index (χ0) is 12.3. The Morgan fingerprint density at radius 1 is 1.31 bits per heavy atom. The maximum absolute atomic E-state index is 13.4. The Morgan fingerprint density at radius 2 is 1.81 bits per heavy atom. The number of hydrogen-bond acceptors (Lipinski definition) is 4. The van der Waals surface area contributed by atoms with Crippen molar-refractivity contribution >= 4 is 5.97 Å². The molecule has 6 heteroatoms. The number of hydrogen-bond donors (Lipinski definition) is 2. The van der Waals surface area contributed by atoms with Crippen LogP contribution in [0.4, 0.5) is 4.39 Å². The highest BCUT2D eigenvalue weighted by Gasteiger charge is 2.22. The first kappa shape index (κ1) is 12.3. The van der Waals surface area contributed by atoms with E-state index >= 15 is 0 Å². The summed E-state index contributed by atoms with van der Waals surface area (Å²) in [6.07, 6.45) is -1.93. The van der Waals surface area contributed by atoms with Crippen molar-refractivity contribution in [1.29, 1.82) is 0 Å².